The van der Waals surface area contributed by atoms with Gasteiger partial charge < -0.3 is 5.73 Å². The Morgan fingerprint density at radius 3 is 2.55 bits per heavy atom. The summed E-state index contributed by atoms with van der Waals surface area (Å²) < 4.78 is 27.6. The second-order valence-electron chi connectivity index (χ2n) is 4.27. The van der Waals surface area contributed by atoms with E-state index >= 15 is 0 Å². The van der Waals surface area contributed by atoms with Crippen LogP contribution in [0.3, 0.4) is 0 Å². The van der Waals surface area contributed by atoms with Crippen LogP contribution >= 0.6 is 27.5 Å². The van der Waals surface area contributed by atoms with Gasteiger partial charge in [-0.25, -0.2) is 8.42 Å². The van der Waals surface area contributed by atoms with Gasteiger partial charge in [-0.3, -0.25) is 4.72 Å². The molecule has 0 aliphatic heterocycles. The zero-order valence-electron chi connectivity index (χ0n) is 10.5. The van der Waals surface area contributed by atoms with Crippen LogP contribution in [0.15, 0.2) is 45.8 Å². The zero-order valence-corrected chi connectivity index (χ0v) is 13.7. The van der Waals surface area contributed by atoms with Crippen molar-refractivity contribution in [3.63, 3.8) is 0 Å². The maximum Gasteiger partial charge on any atom is 0.261 e. The first kappa shape index (κ1) is 15.2. The fourth-order valence-corrected chi connectivity index (χ4v) is 3.44. The third-order valence-corrected chi connectivity index (χ3v) is 5.03. The number of aryl methyl sites for hydroxylation is 1. The summed E-state index contributed by atoms with van der Waals surface area (Å²) in [5.74, 6) is 0. The molecule has 0 amide bonds. The van der Waals surface area contributed by atoms with Gasteiger partial charge in [-0.15, -0.1) is 0 Å². The number of anilines is 2. The molecule has 0 aromatic heterocycles. The average molecular weight is 376 g/mol. The van der Waals surface area contributed by atoms with Gasteiger partial charge in [0.05, 0.1) is 15.6 Å². The van der Waals surface area contributed by atoms with E-state index in [1.165, 1.54) is 18.2 Å². The normalized spacial score (nSPS) is 11.3. The minimum absolute atomic E-state index is 0.108. The van der Waals surface area contributed by atoms with E-state index in [0.717, 1.165) is 5.56 Å². The van der Waals surface area contributed by atoms with Gasteiger partial charge in [-0.05, 0) is 58.7 Å². The molecule has 7 heteroatoms. The predicted molar refractivity (Wildman–Crippen MR) is 85.6 cm³/mol. The van der Waals surface area contributed by atoms with Crippen LogP contribution in [0.5, 0.6) is 0 Å². The lowest BCUT2D eigenvalue weighted by Crippen LogP contribution is -2.13. The zero-order chi connectivity index (χ0) is 14.9. The fraction of sp³-hybridized carbons (Fsp3) is 0.0769. The van der Waals surface area contributed by atoms with Gasteiger partial charge in [0.15, 0.2) is 0 Å². The van der Waals surface area contributed by atoms with Gasteiger partial charge in [0, 0.05) is 10.2 Å². The van der Waals surface area contributed by atoms with Gasteiger partial charge in [0.25, 0.3) is 10.0 Å². The molecule has 4 nitrogen and oxygen atoms in total. The summed E-state index contributed by atoms with van der Waals surface area (Å²) in [4.78, 5) is 0.108. The Hall–Kier alpha value is -1.24. The number of halogens is 2. The first-order chi connectivity index (χ1) is 9.29. The van der Waals surface area contributed by atoms with Crippen LogP contribution in [0, 0.1) is 6.92 Å². The van der Waals surface area contributed by atoms with Crippen LogP contribution in [-0.4, -0.2) is 8.42 Å². The first-order valence-electron chi connectivity index (χ1n) is 5.63. The summed E-state index contributed by atoms with van der Waals surface area (Å²) in [6.07, 6.45) is 0. The molecule has 0 saturated heterocycles. The molecule has 0 heterocycles. The Balaban J connectivity index is 2.40. The predicted octanol–water partition coefficient (Wildman–Crippen LogP) is 3.79. The molecule has 0 saturated carbocycles. The van der Waals surface area contributed by atoms with Crippen molar-refractivity contribution in [2.24, 2.45) is 0 Å². The number of sulfonamides is 1. The van der Waals surface area contributed by atoms with Gasteiger partial charge in [0.2, 0.25) is 0 Å². The van der Waals surface area contributed by atoms with Crippen molar-refractivity contribution in [1.29, 1.82) is 0 Å². The number of hydrogen-bond donors (Lipinski definition) is 2. The quantitative estimate of drug-likeness (QED) is 0.802. The summed E-state index contributed by atoms with van der Waals surface area (Å²) in [6.45, 7) is 1.86. The van der Waals surface area contributed by atoms with Crippen molar-refractivity contribution >= 4 is 48.9 Å². The molecule has 2 aromatic rings. The van der Waals surface area contributed by atoms with Gasteiger partial charge in [-0.2, -0.15) is 0 Å². The first-order valence-corrected chi connectivity index (χ1v) is 8.29. The summed E-state index contributed by atoms with van der Waals surface area (Å²) in [5, 5.41) is 0.341. The van der Waals surface area contributed by atoms with Gasteiger partial charge >= 0.3 is 0 Å². The summed E-state index contributed by atoms with van der Waals surface area (Å²) in [6, 6.07) is 9.53. The van der Waals surface area contributed by atoms with E-state index in [1.54, 1.807) is 18.2 Å². The standard InChI is InChI=1S/C13H12BrClN2O2S/c1-8-2-4-11(15)13(6-8)17-20(18,19)9-3-5-12(16)10(14)7-9/h2-7,17H,16H2,1H3. The van der Waals surface area contributed by atoms with Crippen molar-refractivity contribution in [3.8, 4) is 0 Å². The molecule has 3 N–H and O–H groups in total. The molecule has 2 rings (SSSR count). The molecule has 0 unspecified atom stereocenters. The lowest BCUT2D eigenvalue weighted by Gasteiger charge is -2.11. The van der Waals surface area contributed by atoms with Gasteiger partial charge in [-0.1, -0.05) is 17.7 Å². The summed E-state index contributed by atoms with van der Waals surface area (Å²) in [7, 11) is -3.71. The van der Waals surface area contributed by atoms with Crippen LogP contribution in [0.4, 0.5) is 11.4 Å². The number of rotatable bonds is 3. The topological polar surface area (TPSA) is 72.2 Å². The van der Waals surface area contributed by atoms with E-state index in [4.69, 9.17) is 17.3 Å². The maximum absolute atomic E-state index is 12.3. The second kappa shape index (κ2) is 5.63. The maximum atomic E-state index is 12.3. The van der Waals surface area contributed by atoms with Crippen LogP contribution in [-0.2, 0) is 10.0 Å². The molecule has 0 aliphatic carbocycles. The van der Waals surface area contributed by atoms with Crippen molar-refractivity contribution in [3.05, 3.63) is 51.5 Å². The fourth-order valence-electron chi connectivity index (χ4n) is 1.60. The van der Waals surface area contributed by atoms with Gasteiger partial charge in [0.1, 0.15) is 0 Å². The van der Waals surface area contributed by atoms with E-state index in [2.05, 4.69) is 20.7 Å². The van der Waals surface area contributed by atoms with Crippen LogP contribution in [0.2, 0.25) is 5.02 Å². The Labute approximate surface area is 131 Å². The Bertz CT molecular complexity index is 763. The van der Waals surface area contributed by atoms with E-state index < -0.39 is 10.0 Å². The molecule has 106 valence electrons. The molecular formula is C13H12BrClN2O2S. The highest BCUT2D eigenvalue weighted by Crippen LogP contribution is 2.28. The Kier molecular flexibility index (Phi) is 4.27. The Morgan fingerprint density at radius 2 is 1.90 bits per heavy atom. The van der Waals surface area contributed by atoms with E-state index in [1.807, 2.05) is 6.92 Å². The summed E-state index contributed by atoms with van der Waals surface area (Å²) in [5.41, 5.74) is 7.37. The van der Waals surface area contributed by atoms with Crippen molar-refractivity contribution in [2.75, 3.05) is 10.5 Å². The molecule has 0 spiro atoms. The average Bonchev–Trinajstić information content (AvgIpc) is 2.36. The smallest absolute Gasteiger partial charge is 0.261 e. The monoisotopic (exact) mass is 374 g/mol. The van der Waals surface area contributed by atoms with Crippen LogP contribution in [0.25, 0.3) is 0 Å². The molecule has 0 radical (unpaired) electrons. The van der Waals surface area contributed by atoms with Crippen molar-refractivity contribution in [2.45, 2.75) is 11.8 Å². The van der Waals surface area contributed by atoms with E-state index in [-0.39, 0.29) is 4.90 Å². The molecule has 0 bridgehead atoms. The number of nitrogens with two attached hydrogens (primary N) is 1. The minimum Gasteiger partial charge on any atom is -0.398 e. The van der Waals surface area contributed by atoms with Crippen molar-refractivity contribution in [1.82, 2.24) is 0 Å². The molecule has 2 aromatic carbocycles. The molecule has 20 heavy (non-hydrogen) atoms. The number of nitrogens with one attached hydrogen (secondary N) is 1. The van der Waals surface area contributed by atoms with Crippen LogP contribution < -0.4 is 10.5 Å². The van der Waals surface area contributed by atoms with E-state index in [9.17, 15) is 8.42 Å². The molecule has 0 fully saturated rings. The van der Waals surface area contributed by atoms with Crippen LogP contribution in [0.1, 0.15) is 5.56 Å². The lowest BCUT2D eigenvalue weighted by molar-refractivity contribution is 0.601. The minimum atomic E-state index is -3.71. The molecule has 0 atom stereocenters. The largest absolute Gasteiger partial charge is 0.398 e. The number of nitrogen functional groups attached to an aromatic ring is 1. The van der Waals surface area contributed by atoms with E-state index in [0.29, 0.717) is 20.9 Å². The number of hydrogen-bond acceptors (Lipinski definition) is 3. The third-order valence-electron chi connectivity index (χ3n) is 2.65. The molecule has 0 aliphatic rings. The SMILES string of the molecule is Cc1ccc(Cl)c(NS(=O)(=O)c2ccc(N)c(Br)c2)c1. The Morgan fingerprint density at radius 1 is 1.20 bits per heavy atom. The third kappa shape index (κ3) is 3.26. The highest BCUT2D eigenvalue weighted by Gasteiger charge is 2.16. The number of benzene rings is 2. The highest BCUT2D eigenvalue weighted by atomic mass is 79.9. The second-order valence-corrected chi connectivity index (χ2v) is 7.22. The van der Waals surface area contributed by atoms with Crippen molar-refractivity contribution < 1.29 is 8.42 Å². The highest BCUT2D eigenvalue weighted by molar-refractivity contribution is 9.10. The lowest BCUT2D eigenvalue weighted by atomic mass is 10.2. The molecular weight excluding hydrogens is 364 g/mol. The summed E-state index contributed by atoms with van der Waals surface area (Å²) >= 11 is 9.20.